The van der Waals surface area contributed by atoms with Crippen LogP contribution in [0.25, 0.3) is 21.2 Å². The van der Waals surface area contributed by atoms with Gasteiger partial charge in [-0.2, -0.15) is 0 Å². The van der Waals surface area contributed by atoms with Gasteiger partial charge in [-0.3, -0.25) is 9.59 Å². The highest BCUT2D eigenvalue weighted by Gasteiger charge is 2.36. The Morgan fingerprint density at radius 2 is 1.68 bits per heavy atom. The molecular weight excluding hydrogens is 553 g/mol. The molecule has 0 bridgehead atoms. The number of aryl methyl sites for hydroxylation is 3. The fraction of sp³-hybridized carbons (Fsp3) is 0.355. The van der Waals surface area contributed by atoms with Crippen molar-refractivity contribution in [2.24, 2.45) is 7.05 Å². The number of aliphatic hydroxyl groups is 1. The fourth-order valence-electron chi connectivity index (χ4n) is 5.12. The summed E-state index contributed by atoms with van der Waals surface area (Å²) in [6.45, 7) is 6.67. The first-order valence-corrected chi connectivity index (χ1v) is 14.1. The van der Waals surface area contributed by atoms with Gasteiger partial charge in [0.1, 0.15) is 22.0 Å². The maximum Gasteiger partial charge on any atom is 0.268 e. The van der Waals surface area contributed by atoms with Gasteiger partial charge in [0.15, 0.2) is 0 Å². The molecule has 0 spiro atoms. The Bertz CT molecular complexity index is 1700. The molecule has 41 heavy (non-hydrogen) atoms. The molecule has 3 heterocycles. The average molecular weight is 585 g/mol. The monoisotopic (exact) mass is 584 g/mol. The fourth-order valence-corrected chi connectivity index (χ4v) is 6.25. The molecule has 2 aromatic heterocycles. The van der Waals surface area contributed by atoms with Gasteiger partial charge in [0.2, 0.25) is 0 Å². The van der Waals surface area contributed by atoms with Crippen molar-refractivity contribution in [3.05, 3.63) is 80.3 Å². The number of halogens is 3. The molecule has 6 nitrogen and oxygen atoms in total. The molecule has 0 atom stereocenters. The van der Waals surface area contributed by atoms with Crippen LogP contribution in [0, 0.1) is 19.7 Å². The van der Waals surface area contributed by atoms with Gasteiger partial charge >= 0.3 is 0 Å². The normalized spacial score (nSPS) is 15.4. The number of thiophene rings is 1. The van der Waals surface area contributed by atoms with Gasteiger partial charge in [0, 0.05) is 55.7 Å². The number of amides is 1. The molecule has 5 rings (SSSR count). The van der Waals surface area contributed by atoms with Crippen molar-refractivity contribution in [2.45, 2.75) is 52.1 Å². The number of pyridine rings is 1. The van der Waals surface area contributed by atoms with Gasteiger partial charge in [-0.1, -0.05) is 6.07 Å². The highest BCUT2D eigenvalue weighted by Crippen LogP contribution is 2.42. The molecule has 1 aliphatic heterocycles. The van der Waals surface area contributed by atoms with Crippen LogP contribution in [-0.2, 0) is 12.6 Å². The van der Waals surface area contributed by atoms with Crippen LogP contribution in [0.2, 0.25) is 0 Å². The van der Waals surface area contributed by atoms with Crippen molar-refractivity contribution < 1.29 is 27.8 Å². The van der Waals surface area contributed by atoms with Crippen LogP contribution in [0.3, 0.4) is 0 Å². The number of rotatable bonds is 5. The van der Waals surface area contributed by atoms with E-state index in [2.05, 4.69) is 0 Å². The van der Waals surface area contributed by atoms with E-state index in [1.165, 1.54) is 21.6 Å². The Balaban J connectivity index is 1.67. The first-order chi connectivity index (χ1) is 19.1. The van der Waals surface area contributed by atoms with Crippen LogP contribution in [0.5, 0.6) is 11.5 Å². The average Bonchev–Trinajstić information content (AvgIpc) is 3.33. The smallest absolute Gasteiger partial charge is 0.268 e. The number of hydrogen-bond donors (Lipinski definition) is 1. The van der Waals surface area contributed by atoms with Crippen molar-refractivity contribution in [2.75, 3.05) is 13.1 Å². The molecule has 0 unspecified atom stereocenters. The highest BCUT2D eigenvalue weighted by molar-refractivity contribution is 7.20. The molecule has 1 saturated heterocycles. The molecule has 216 valence electrons. The molecule has 4 aromatic rings. The van der Waals surface area contributed by atoms with E-state index in [4.69, 9.17) is 4.74 Å². The number of carbonyl (C=O) groups is 1. The van der Waals surface area contributed by atoms with Crippen molar-refractivity contribution in [3.8, 4) is 22.6 Å². The second-order valence-corrected chi connectivity index (χ2v) is 12.3. The molecular formula is C31H31F3N2O4S. The van der Waals surface area contributed by atoms with Gasteiger partial charge in [0.05, 0.1) is 10.5 Å². The zero-order chi connectivity index (χ0) is 29.9. The van der Waals surface area contributed by atoms with E-state index in [-0.39, 0.29) is 29.3 Å². The predicted molar refractivity (Wildman–Crippen MR) is 154 cm³/mol. The van der Waals surface area contributed by atoms with Gasteiger partial charge in [0.25, 0.3) is 17.4 Å². The van der Waals surface area contributed by atoms with Gasteiger partial charge in [-0.15, -0.1) is 11.3 Å². The van der Waals surface area contributed by atoms with E-state index in [9.17, 15) is 27.9 Å². The number of carbonyl (C=O) groups excluding carboxylic acids is 1. The topological polar surface area (TPSA) is 71.8 Å². The number of likely N-dealkylation sites (tertiary alicyclic amines) is 1. The molecule has 0 saturated carbocycles. The first kappa shape index (κ1) is 28.9. The molecule has 0 aliphatic carbocycles. The maximum atomic E-state index is 14.0. The van der Waals surface area contributed by atoms with Crippen LogP contribution in [0.15, 0.2) is 47.4 Å². The third kappa shape index (κ3) is 5.63. The summed E-state index contributed by atoms with van der Waals surface area (Å²) in [6, 6.07) is 9.61. The van der Waals surface area contributed by atoms with E-state index in [0.717, 1.165) is 11.3 Å². The third-order valence-electron chi connectivity index (χ3n) is 7.47. The summed E-state index contributed by atoms with van der Waals surface area (Å²) in [7, 11) is 1.60. The molecule has 10 heteroatoms. The zero-order valence-electron chi connectivity index (χ0n) is 23.5. The van der Waals surface area contributed by atoms with E-state index in [1.807, 2.05) is 0 Å². The number of ether oxygens (including phenoxy) is 1. The second-order valence-electron chi connectivity index (χ2n) is 11.2. The Kier molecular flexibility index (Phi) is 7.28. The van der Waals surface area contributed by atoms with E-state index in [0.29, 0.717) is 49.4 Å². The lowest BCUT2D eigenvalue weighted by Crippen LogP contribution is -2.42. The largest absolute Gasteiger partial charge is 0.456 e. The van der Waals surface area contributed by atoms with Gasteiger partial charge in [-0.25, -0.2) is 13.2 Å². The number of benzene rings is 2. The molecule has 1 fully saturated rings. The van der Waals surface area contributed by atoms with Gasteiger partial charge < -0.3 is 19.3 Å². The van der Waals surface area contributed by atoms with E-state index >= 15 is 0 Å². The second kappa shape index (κ2) is 10.3. The minimum absolute atomic E-state index is 0.0626. The Labute approximate surface area is 239 Å². The summed E-state index contributed by atoms with van der Waals surface area (Å²) in [5.74, 6) is -2.67. The Morgan fingerprint density at radius 3 is 2.29 bits per heavy atom. The lowest BCUT2D eigenvalue weighted by Gasteiger charge is -2.31. The molecule has 1 aliphatic rings. The Hall–Kier alpha value is -3.63. The molecule has 1 N–H and O–H groups in total. The number of aromatic nitrogens is 1. The minimum atomic E-state index is -2.79. The number of piperidine rings is 1. The molecule has 2 aromatic carbocycles. The van der Waals surface area contributed by atoms with Crippen molar-refractivity contribution >= 4 is 27.3 Å². The Morgan fingerprint density at radius 1 is 1.05 bits per heavy atom. The van der Waals surface area contributed by atoms with Crippen LogP contribution in [-0.4, -0.2) is 39.5 Å². The van der Waals surface area contributed by atoms with E-state index < -0.39 is 30.3 Å². The van der Waals surface area contributed by atoms with Gasteiger partial charge in [-0.05, 0) is 74.7 Å². The SMILES string of the molecule is Cc1cc(F)cc(C)c1Oc1ccc(C(C)(C)O)cc1-c1cn(C)c(=O)c2sc(C(=O)N3CCC(F)(F)CC3)cc12. The van der Waals surface area contributed by atoms with Crippen LogP contribution in [0.1, 0.15) is 53.1 Å². The number of fused-ring (bicyclic) bond motifs is 1. The predicted octanol–water partition coefficient (Wildman–Crippen LogP) is 6.91. The van der Waals surface area contributed by atoms with Crippen molar-refractivity contribution in [3.63, 3.8) is 0 Å². The summed E-state index contributed by atoms with van der Waals surface area (Å²) in [4.78, 5) is 28.2. The van der Waals surface area contributed by atoms with Crippen LogP contribution >= 0.6 is 11.3 Å². The van der Waals surface area contributed by atoms with Crippen molar-refractivity contribution in [1.29, 1.82) is 0 Å². The summed E-state index contributed by atoms with van der Waals surface area (Å²) >= 11 is 1.03. The molecule has 1 amide bonds. The first-order valence-electron chi connectivity index (χ1n) is 13.3. The molecule has 0 radical (unpaired) electrons. The number of nitrogens with zero attached hydrogens (tertiary/aromatic N) is 2. The minimum Gasteiger partial charge on any atom is -0.456 e. The number of hydrogen-bond acceptors (Lipinski definition) is 5. The number of alkyl halides is 2. The maximum absolute atomic E-state index is 14.0. The summed E-state index contributed by atoms with van der Waals surface area (Å²) in [5, 5.41) is 11.3. The van der Waals surface area contributed by atoms with Crippen molar-refractivity contribution in [1.82, 2.24) is 9.47 Å². The summed E-state index contributed by atoms with van der Waals surface area (Å²) < 4.78 is 49.5. The standard InChI is InChI=1S/C31H31F3N2O4S/c1-17-12-20(32)13-18(2)26(17)40-24-7-6-19(30(3,4)39)14-21(24)23-16-35(5)29(38)27-22(23)15-25(41-27)28(37)36-10-8-31(33,34)9-11-36/h6-7,12-16,39H,8-11H2,1-5H3. The highest BCUT2D eigenvalue weighted by atomic mass is 32.1. The van der Waals surface area contributed by atoms with E-state index in [1.54, 1.807) is 65.2 Å². The third-order valence-corrected chi connectivity index (χ3v) is 8.58. The summed E-state index contributed by atoms with van der Waals surface area (Å²) in [5.41, 5.74) is 1.44. The zero-order valence-corrected chi connectivity index (χ0v) is 24.3. The lowest BCUT2D eigenvalue weighted by molar-refractivity contribution is -0.0493. The lowest BCUT2D eigenvalue weighted by atomic mass is 9.93. The van der Waals surface area contributed by atoms with Crippen LogP contribution in [0.4, 0.5) is 13.2 Å². The summed E-state index contributed by atoms with van der Waals surface area (Å²) in [6.07, 6.45) is 0.848. The quantitative estimate of drug-likeness (QED) is 0.277. The van der Waals surface area contributed by atoms with Crippen LogP contribution < -0.4 is 10.3 Å².